The summed E-state index contributed by atoms with van der Waals surface area (Å²) in [5.41, 5.74) is 6.87. The quantitative estimate of drug-likeness (QED) is 0.654. The number of nitro groups is 1. The molecule has 0 radical (unpaired) electrons. The summed E-state index contributed by atoms with van der Waals surface area (Å²) in [5.74, 6) is -0.242. The molecular weight excluding hydrogens is 290 g/mol. The molecule has 0 saturated heterocycles. The Labute approximate surface area is 126 Å². The molecule has 6 nitrogen and oxygen atoms in total. The molecule has 0 aliphatic carbocycles. The monoisotopic (exact) mass is 305 g/mol. The molecule has 0 saturated carbocycles. The first-order chi connectivity index (χ1) is 10.1. The van der Waals surface area contributed by atoms with Crippen molar-refractivity contribution in [1.82, 2.24) is 4.90 Å². The fourth-order valence-corrected chi connectivity index (χ4v) is 2.63. The SMILES string of the molecule is NCCN(Cc1ccccc1)C(=O)c1csc([N+](=O)[O-])c1. The maximum absolute atomic E-state index is 12.4. The lowest BCUT2D eigenvalue weighted by molar-refractivity contribution is -0.380. The average molecular weight is 305 g/mol. The predicted molar refractivity (Wildman–Crippen MR) is 81.2 cm³/mol. The first-order valence-corrected chi connectivity index (χ1v) is 7.26. The van der Waals surface area contributed by atoms with Crippen molar-refractivity contribution in [3.8, 4) is 0 Å². The molecule has 0 fully saturated rings. The molecule has 1 aromatic heterocycles. The standard InChI is InChI=1S/C14H15N3O3S/c15-6-7-16(9-11-4-2-1-3-5-11)14(18)12-8-13(17(19)20)21-10-12/h1-5,8,10H,6-7,9,15H2. The number of nitrogens with zero attached hydrogens (tertiary/aromatic N) is 2. The van der Waals surface area contributed by atoms with Crippen LogP contribution in [0.15, 0.2) is 41.8 Å². The van der Waals surface area contributed by atoms with Crippen molar-refractivity contribution in [3.05, 3.63) is 63.0 Å². The van der Waals surface area contributed by atoms with Gasteiger partial charge in [-0.1, -0.05) is 41.7 Å². The van der Waals surface area contributed by atoms with E-state index in [0.717, 1.165) is 16.9 Å². The molecule has 2 aromatic rings. The molecule has 0 aliphatic rings. The van der Waals surface area contributed by atoms with Gasteiger partial charge in [-0.2, -0.15) is 0 Å². The number of thiophene rings is 1. The summed E-state index contributed by atoms with van der Waals surface area (Å²) >= 11 is 0.950. The molecule has 2 rings (SSSR count). The molecule has 0 aliphatic heterocycles. The van der Waals surface area contributed by atoms with Crippen molar-refractivity contribution in [2.75, 3.05) is 13.1 Å². The van der Waals surface area contributed by atoms with Gasteiger partial charge in [-0.05, 0) is 5.56 Å². The lowest BCUT2D eigenvalue weighted by atomic mass is 10.2. The Kier molecular flexibility index (Phi) is 5.02. The van der Waals surface area contributed by atoms with Crippen LogP contribution in [0.4, 0.5) is 5.00 Å². The van der Waals surface area contributed by atoms with Crippen LogP contribution >= 0.6 is 11.3 Å². The molecule has 21 heavy (non-hydrogen) atoms. The Bertz CT molecular complexity index is 627. The third-order valence-electron chi connectivity index (χ3n) is 2.92. The van der Waals surface area contributed by atoms with Crippen LogP contribution in [0.5, 0.6) is 0 Å². The van der Waals surface area contributed by atoms with Gasteiger partial charge in [0.15, 0.2) is 0 Å². The smallest absolute Gasteiger partial charge is 0.324 e. The van der Waals surface area contributed by atoms with Gasteiger partial charge in [0.2, 0.25) is 0 Å². The number of rotatable bonds is 6. The maximum Gasteiger partial charge on any atom is 0.324 e. The minimum atomic E-state index is -0.494. The molecule has 0 spiro atoms. The van der Waals surface area contributed by atoms with Gasteiger partial charge in [-0.15, -0.1) is 0 Å². The van der Waals surface area contributed by atoms with E-state index in [-0.39, 0.29) is 10.9 Å². The fourth-order valence-electron chi connectivity index (χ4n) is 1.93. The number of carbonyl (C=O) groups is 1. The predicted octanol–water partition coefficient (Wildman–Crippen LogP) is 2.26. The Morgan fingerprint density at radius 2 is 2.05 bits per heavy atom. The highest BCUT2D eigenvalue weighted by molar-refractivity contribution is 7.13. The zero-order valence-corrected chi connectivity index (χ0v) is 12.1. The van der Waals surface area contributed by atoms with E-state index in [4.69, 9.17) is 5.73 Å². The normalized spacial score (nSPS) is 10.3. The molecule has 1 heterocycles. The topological polar surface area (TPSA) is 89.5 Å². The summed E-state index contributed by atoms with van der Waals surface area (Å²) in [5, 5.41) is 12.2. The molecule has 0 bridgehead atoms. The van der Waals surface area contributed by atoms with E-state index in [1.807, 2.05) is 30.3 Å². The molecule has 0 unspecified atom stereocenters. The van der Waals surface area contributed by atoms with E-state index in [1.54, 1.807) is 4.90 Å². The van der Waals surface area contributed by atoms with Gasteiger partial charge in [-0.3, -0.25) is 14.9 Å². The highest BCUT2D eigenvalue weighted by atomic mass is 32.1. The van der Waals surface area contributed by atoms with E-state index < -0.39 is 4.92 Å². The van der Waals surface area contributed by atoms with Gasteiger partial charge in [0.05, 0.1) is 10.5 Å². The molecule has 1 aromatic carbocycles. The van der Waals surface area contributed by atoms with E-state index in [0.29, 0.717) is 25.2 Å². The summed E-state index contributed by atoms with van der Waals surface area (Å²) in [6.45, 7) is 1.17. The maximum atomic E-state index is 12.4. The number of hydrogen-bond acceptors (Lipinski definition) is 5. The Balaban J connectivity index is 2.16. The van der Waals surface area contributed by atoms with E-state index >= 15 is 0 Å². The largest absolute Gasteiger partial charge is 0.333 e. The second-order valence-corrected chi connectivity index (χ2v) is 5.32. The number of amides is 1. The Morgan fingerprint density at radius 3 is 2.62 bits per heavy atom. The van der Waals surface area contributed by atoms with E-state index in [1.165, 1.54) is 11.4 Å². The number of benzene rings is 1. The lowest BCUT2D eigenvalue weighted by Gasteiger charge is -2.21. The van der Waals surface area contributed by atoms with Crippen molar-refractivity contribution in [3.63, 3.8) is 0 Å². The first kappa shape index (κ1) is 15.1. The van der Waals surface area contributed by atoms with Crippen LogP contribution in [0.3, 0.4) is 0 Å². The first-order valence-electron chi connectivity index (χ1n) is 6.38. The molecular formula is C14H15N3O3S. The number of nitrogens with two attached hydrogens (primary N) is 1. The van der Waals surface area contributed by atoms with Crippen LogP contribution in [0.25, 0.3) is 0 Å². The fraction of sp³-hybridized carbons (Fsp3) is 0.214. The minimum Gasteiger partial charge on any atom is -0.333 e. The van der Waals surface area contributed by atoms with Gasteiger partial charge in [0.25, 0.3) is 5.91 Å². The summed E-state index contributed by atoms with van der Waals surface area (Å²) in [7, 11) is 0. The summed E-state index contributed by atoms with van der Waals surface area (Å²) in [6, 6.07) is 10.9. The van der Waals surface area contributed by atoms with Crippen LogP contribution in [0.2, 0.25) is 0 Å². The molecule has 0 atom stereocenters. The van der Waals surface area contributed by atoms with Crippen LogP contribution < -0.4 is 5.73 Å². The van der Waals surface area contributed by atoms with Gasteiger partial charge in [-0.25, -0.2) is 0 Å². The lowest BCUT2D eigenvalue weighted by Crippen LogP contribution is -2.34. The van der Waals surface area contributed by atoms with Crippen LogP contribution in [-0.2, 0) is 6.54 Å². The second kappa shape index (κ2) is 6.96. The zero-order chi connectivity index (χ0) is 15.2. The zero-order valence-electron chi connectivity index (χ0n) is 11.3. The van der Waals surface area contributed by atoms with Crippen molar-refractivity contribution in [2.24, 2.45) is 5.73 Å². The second-order valence-electron chi connectivity index (χ2n) is 4.43. The van der Waals surface area contributed by atoms with Crippen LogP contribution in [0.1, 0.15) is 15.9 Å². The van der Waals surface area contributed by atoms with E-state index in [2.05, 4.69) is 0 Å². The van der Waals surface area contributed by atoms with Crippen LogP contribution in [0, 0.1) is 10.1 Å². The average Bonchev–Trinajstić information content (AvgIpc) is 2.97. The number of hydrogen-bond donors (Lipinski definition) is 1. The van der Waals surface area contributed by atoms with Crippen molar-refractivity contribution < 1.29 is 9.72 Å². The van der Waals surface area contributed by atoms with Gasteiger partial charge in [0, 0.05) is 31.1 Å². The minimum absolute atomic E-state index is 0.0363. The highest BCUT2D eigenvalue weighted by Crippen LogP contribution is 2.24. The Morgan fingerprint density at radius 1 is 1.33 bits per heavy atom. The van der Waals surface area contributed by atoms with E-state index in [9.17, 15) is 14.9 Å². The summed E-state index contributed by atoms with van der Waals surface area (Å²) in [4.78, 5) is 24.2. The molecule has 2 N–H and O–H groups in total. The van der Waals surface area contributed by atoms with Crippen LogP contribution in [-0.4, -0.2) is 28.8 Å². The molecule has 7 heteroatoms. The third kappa shape index (κ3) is 3.87. The van der Waals surface area contributed by atoms with Crippen molar-refractivity contribution in [2.45, 2.75) is 6.54 Å². The summed E-state index contributed by atoms with van der Waals surface area (Å²) < 4.78 is 0. The molecule has 1 amide bonds. The Hall–Kier alpha value is -2.25. The van der Waals surface area contributed by atoms with Gasteiger partial charge >= 0.3 is 5.00 Å². The third-order valence-corrected chi connectivity index (χ3v) is 3.80. The van der Waals surface area contributed by atoms with Gasteiger partial charge < -0.3 is 10.6 Å². The summed E-state index contributed by atoms with van der Waals surface area (Å²) in [6.07, 6.45) is 0. The van der Waals surface area contributed by atoms with Crippen molar-refractivity contribution in [1.29, 1.82) is 0 Å². The van der Waals surface area contributed by atoms with Gasteiger partial charge in [0.1, 0.15) is 0 Å². The highest BCUT2D eigenvalue weighted by Gasteiger charge is 2.20. The molecule has 110 valence electrons. The van der Waals surface area contributed by atoms with Crippen molar-refractivity contribution >= 4 is 22.2 Å². The number of carbonyl (C=O) groups excluding carboxylic acids is 1.